The van der Waals surface area contributed by atoms with E-state index in [9.17, 15) is 4.79 Å². The van der Waals surface area contributed by atoms with Crippen LogP contribution in [0, 0.1) is 0 Å². The van der Waals surface area contributed by atoms with Crippen molar-refractivity contribution in [3.05, 3.63) is 94.5 Å². The van der Waals surface area contributed by atoms with E-state index in [0.717, 1.165) is 36.2 Å². The van der Waals surface area contributed by atoms with E-state index >= 15 is 0 Å². The molecule has 0 aliphatic heterocycles. The van der Waals surface area contributed by atoms with E-state index in [1.54, 1.807) is 17.1 Å². The maximum atomic E-state index is 12.9. The number of benzene rings is 2. The summed E-state index contributed by atoms with van der Waals surface area (Å²) in [6, 6.07) is 15.9. The summed E-state index contributed by atoms with van der Waals surface area (Å²) in [6.45, 7) is 2.02. The summed E-state index contributed by atoms with van der Waals surface area (Å²) in [5.41, 5.74) is 3.83. The number of imidazole rings is 2. The zero-order valence-electron chi connectivity index (χ0n) is 18.1. The van der Waals surface area contributed by atoms with E-state index in [-0.39, 0.29) is 5.69 Å². The minimum absolute atomic E-state index is 0.148. The largest absolute Gasteiger partial charge is 0.369 e. The quantitative estimate of drug-likeness (QED) is 0.292. The molecule has 0 atom stereocenters. The molecule has 0 fully saturated rings. The second-order valence-corrected chi connectivity index (χ2v) is 8.38. The van der Waals surface area contributed by atoms with E-state index in [1.807, 2.05) is 53.4 Å². The second-order valence-electron chi connectivity index (χ2n) is 7.98. The van der Waals surface area contributed by atoms with Crippen LogP contribution in [-0.2, 0) is 19.5 Å². The van der Waals surface area contributed by atoms with Crippen molar-refractivity contribution in [3.63, 3.8) is 0 Å². The van der Waals surface area contributed by atoms with E-state index in [1.165, 1.54) is 10.9 Å². The van der Waals surface area contributed by atoms with Crippen molar-refractivity contribution in [2.45, 2.75) is 25.9 Å². The summed E-state index contributed by atoms with van der Waals surface area (Å²) in [5, 5.41) is 5.27. The summed E-state index contributed by atoms with van der Waals surface area (Å²) in [6.07, 6.45) is 9.12. The molecule has 0 aliphatic rings. The molecule has 3 N–H and O–H groups in total. The molecule has 168 valence electrons. The molecular formula is C25H25ClN6O. The Morgan fingerprint density at radius 2 is 1.91 bits per heavy atom. The van der Waals surface area contributed by atoms with Gasteiger partial charge in [0.15, 0.2) is 0 Å². The van der Waals surface area contributed by atoms with Gasteiger partial charge in [-0.15, -0.1) is 0 Å². The lowest BCUT2D eigenvalue weighted by molar-refractivity contribution is 0.557. The van der Waals surface area contributed by atoms with Crippen LogP contribution in [0.5, 0.6) is 0 Å². The standard InChI is InChI=1S/C25H25ClN6O/c26-21-8-3-1-7-20(21)23-24(28-11-10-18-16-29-22-9-4-2-6-19(18)22)30-25(33)32(23)14-5-13-31-15-12-27-17-31/h1-4,6-9,12,15-17,28-29H,5,10-11,13-14H2,(H,30,33). The molecule has 0 unspecified atom stereocenters. The van der Waals surface area contributed by atoms with Crippen LogP contribution in [0.2, 0.25) is 5.02 Å². The van der Waals surface area contributed by atoms with Gasteiger partial charge in [-0.25, -0.2) is 9.78 Å². The first-order valence-corrected chi connectivity index (χ1v) is 11.4. The lowest BCUT2D eigenvalue weighted by Gasteiger charge is -2.13. The fraction of sp³-hybridized carbons (Fsp3) is 0.200. The Balaban J connectivity index is 1.38. The van der Waals surface area contributed by atoms with Crippen molar-refractivity contribution in [2.75, 3.05) is 11.9 Å². The summed E-state index contributed by atoms with van der Waals surface area (Å²) < 4.78 is 3.78. The van der Waals surface area contributed by atoms with Gasteiger partial charge in [-0.05, 0) is 30.5 Å². The monoisotopic (exact) mass is 460 g/mol. The van der Waals surface area contributed by atoms with Crippen LogP contribution >= 0.6 is 11.6 Å². The highest BCUT2D eigenvalue weighted by Gasteiger charge is 2.18. The number of para-hydroxylation sites is 1. The average molecular weight is 461 g/mol. The predicted octanol–water partition coefficient (Wildman–Crippen LogP) is 4.92. The van der Waals surface area contributed by atoms with Crippen LogP contribution in [0.1, 0.15) is 12.0 Å². The first kappa shape index (κ1) is 21.2. The molecule has 8 heteroatoms. The van der Waals surface area contributed by atoms with Crippen LogP contribution in [-0.4, -0.2) is 30.6 Å². The normalized spacial score (nSPS) is 11.3. The predicted molar refractivity (Wildman–Crippen MR) is 133 cm³/mol. The lowest BCUT2D eigenvalue weighted by atomic mass is 10.1. The molecule has 2 aromatic carbocycles. The molecule has 3 aromatic heterocycles. The third-order valence-corrected chi connectivity index (χ3v) is 6.17. The highest BCUT2D eigenvalue weighted by atomic mass is 35.5. The number of hydrogen-bond donors (Lipinski definition) is 3. The van der Waals surface area contributed by atoms with Gasteiger partial charge in [0.25, 0.3) is 0 Å². The first-order valence-electron chi connectivity index (χ1n) is 11.0. The number of rotatable bonds is 9. The van der Waals surface area contributed by atoms with Gasteiger partial charge in [0.05, 0.1) is 17.0 Å². The smallest absolute Gasteiger partial charge is 0.327 e. The molecule has 0 amide bonds. The molecule has 5 rings (SSSR count). The van der Waals surface area contributed by atoms with Gasteiger partial charge in [-0.3, -0.25) is 9.55 Å². The van der Waals surface area contributed by atoms with Crippen molar-refractivity contribution < 1.29 is 0 Å². The topological polar surface area (TPSA) is 83.4 Å². The Morgan fingerprint density at radius 1 is 1.06 bits per heavy atom. The molecule has 7 nitrogen and oxygen atoms in total. The number of hydrogen-bond acceptors (Lipinski definition) is 3. The maximum absolute atomic E-state index is 12.9. The molecule has 5 aromatic rings. The first-order chi connectivity index (χ1) is 16.2. The number of fused-ring (bicyclic) bond motifs is 1. The van der Waals surface area contributed by atoms with Crippen LogP contribution in [0.25, 0.3) is 22.2 Å². The van der Waals surface area contributed by atoms with Crippen molar-refractivity contribution >= 4 is 28.3 Å². The Kier molecular flexibility index (Phi) is 6.04. The SMILES string of the molecule is O=c1[nH]c(NCCc2c[nH]c3ccccc23)c(-c2ccccc2Cl)n1CCCn1ccnc1. The zero-order valence-corrected chi connectivity index (χ0v) is 18.8. The summed E-state index contributed by atoms with van der Waals surface area (Å²) in [7, 11) is 0. The number of aromatic nitrogens is 5. The van der Waals surface area contributed by atoms with E-state index in [4.69, 9.17) is 11.6 Å². The average Bonchev–Trinajstić information content (AvgIpc) is 3.55. The molecule has 0 radical (unpaired) electrons. The van der Waals surface area contributed by atoms with Gasteiger partial charge in [0.1, 0.15) is 5.82 Å². The molecule has 0 aliphatic carbocycles. The highest BCUT2D eigenvalue weighted by molar-refractivity contribution is 6.33. The van der Waals surface area contributed by atoms with Crippen molar-refractivity contribution in [1.82, 2.24) is 24.1 Å². The van der Waals surface area contributed by atoms with E-state index in [0.29, 0.717) is 23.9 Å². The molecule has 33 heavy (non-hydrogen) atoms. The van der Waals surface area contributed by atoms with Crippen LogP contribution in [0.3, 0.4) is 0 Å². The number of anilines is 1. The number of nitrogens with one attached hydrogen (secondary N) is 3. The molecular weight excluding hydrogens is 436 g/mol. The highest BCUT2D eigenvalue weighted by Crippen LogP contribution is 2.32. The number of aromatic amines is 2. The van der Waals surface area contributed by atoms with Gasteiger partial charge in [0.2, 0.25) is 0 Å². The Labute approximate surface area is 196 Å². The van der Waals surface area contributed by atoms with Gasteiger partial charge < -0.3 is 14.9 Å². The van der Waals surface area contributed by atoms with Crippen molar-refractivity contribution in [2.24, 2.45) is 0 Å². The second kappa shape index (κ2) is 9.42. The minimum atomic E-state index is -0.148. The molecule has 0 bridgehead atoms. The maximum Gasteiger partial charge on any atom is 0.327 e. The van der Waals surface area contributed by atoms with Crippen molar-refractivity contribution in [1.29, 1.82) is 0 Å². The Morgan fingerprint density at radius 3 is 2.76 bits per heavy atom. The Hall–Kier alpha value is -3.71. The number of halogens is 1. The zero-order chi connectivity index (χ0) is 22.6. The summed E-state index contributed by atoms with van der Waals surface area (Å²) >= 11 is 6.53. The van der Waals surface area contributed by atoms with Gasteiger partial charge in [-0.2, -0.15) is 0 Å². The number of aryl methyl sites for hydroxylation is 1. The summed E-state index contributed by atoms with van der Waals surface area (Å²) in [5.74, 6) is 0.690. The van der Waals surface area contributed by atoms with Gasteiger partial charge in [-0.1, -0.05) is 48.0 Å². The molecule has 0 spiro atoms. The van der Waals surface area contributed by atoms with E-state index in [2.05, 4.69) is 32.4 Å². The number of nitrogens with zero attached hydrogens (tertiary/aromatic N) is 3. The van der Waals surface area contributed by atoms with Gasteiger partial charge >= 0.3 is 5.69 Å². The lowest BCUT2D eigenvalue weighted by Crippen LogP contribution is -2.18. The molecule has 0 saturated carbocycles. The molecule has 3 heterocycles. The minimum Gasteiger partial charge on any atom is -0.369 e. The fourth-order valence-corrected chi connectivity index (χ4v) is 4.46. The van der Waals surface area contributed by atoms with Crippen LogP contribution in [0.4, 0.5) is 5.82 Å². The molecule has 0 saturated heterocycles. The summed E-state index contributed by atoms with van der Waals surface area (Å²) in [4.78, 5) is 23.3. The third-order valence-electron chi connectivity index (χ3n) is 5.84. The van der Waals surface area contributed by atoms with Crippen molar-refractivity contribution in [3.8, 4) is 11.3 Å². The fourth-order valence-electron chi connectivity index (χ4n) is 4.24. The van der Waals surface area contributed by atoms with E-state index < -0.39 is 0 Å². The van der Waals surface area contributed by atoms with Crippen LogP contribution < -0.4 is 11.0 Å². The Bertz CT molecular complexity index is 1410. The number of H-pyrrole nitrogens is 2. The van der Waals surface area contributed by atoms with Gasteiger partial charge in [0, 0.05) is 54.7 Å². The van der Waals surface area contributed by atoms with Crippen LogP contribution in [0.15, 0.2) is 78.2 Å². The third kappa shape index (κ3) is 4.45.